The topological polar surface area (TPSA) is 79.4 Å². The fourth-order valence-electron chi connectivity index (χ4n) is 1.89. The van der Waals surface area contributed by atoms with Gasteiger partial charge in [-0.15, -0.1) is 0 Å². The number of amides is 1. The summed E-state index contributed by atoms with van der Waals surface area (Å²) in [4.78, 5) is 21.7. The third kappa shape index (κ3) is 2.44. The molecular weight excluding hydrogens is 234 g/mol. The van der Waals surface area contributed by atoms with Crippen molar-refractivity contribution >= 4 is 17.5 Å². The molecule has 1 saturated heterocycles. The Kier molecular flexibility index (Phi) is 3.81. The van der Waals surface area contributed by atoms with Gasteiger partial charge in [0.15, 0.2) is 11.6 Å². The molecule has 2 rings (SSSR count). The van der Waals surface area contributed by atoms with Crippen molar-refractivity contribution < 1.29 is 9.53 Å². The summed E-state index contributed by atoms with van der Waals surface area (Å²) in [7, 11) is 1.58. The van der Waals surface area contributed by atoms with E-state index in [1.54, 1.807) is 7.11 Å². The van der Waals surface area contributed by atoms with Crippen LogP contribution in [0.3, 0.4) is 0 Å². The van der Waals surface area contributed by atoms with Crippen molar-refractivity contribution in [1.29, 1.82) is 0 Å². The number of carbonyl (C=O) groups is 1. The zero-order valence-corrected chi connectivity index (χ0v) is 10.6. The van der Waals surface area contributed by atoms with Crippen LogP contribution in [0.5, 0.6) is 5.75 Å². The lowest BCUT2D eigenvalue weighted by Crippen LogP contribution is -2.48. The van der Waals surface area contributed by atoms with Gasteiger partial charge in [-0.25, -0.2) is 9.97 Å². The maximum Gasteiger partial charge on any atom is 0.239 e. The highest BCUT2D eigenvalue weighted by Gasteiger charge is 2.22. The predicted molar refractivity (Wildman–Crippen MR) is 68.0 cm³/mol. The van der Waals surface area contributed by atoms with Gasteiger partial charge in [0.25, 0.3) is 0 Å². The third-order valence-electron chi connectivity index (χ3n) is 2.67. The molecule has 1 aliphatic heterocycles. The van der Waals surface area contributed by atoms with Gasteiger partial charge in [0.1, 0.15) is 6.33 Å². The zero-order valence-electron chi connectivity index (χ0n) is 10.6. The van der Waals surface area contributed by atoms with E-state index in [2.05, 4.69) is 20.6 Å². The molecule has 0 aliphatic carbocycles. The summed E-state index contributed by atoms with van der Waals surface area (Å²) in [6.45, 7) is 4.34. The normalized spacial score (nSPS) is 15.2. The summed E-state index contributed by atoms with van der Waals surface area (Å²) < 4.78 is 5.36. The van der Waals surface area contributed by atoms with Gasteiger partial charge in [0.05, 0.1) is 13.7 Å². The molecule has 1 amide bonds. The van der Waals surface area contributed by atoms with Crippen LogP contribution in [-0.4, -0.2) is 49.2 Å². The lowest BCUT2D eigenvalue weighted by atomic mass is 10.3. The van der Waals surface area contributed by atoms with Crippen LogP contribution in [0.2, 0.25) is 0 Å². The summed E-state index contributed by atoms with van der Waals surface area (Å²) in [6, 6.07) is 0. The monoisotopic (exact) mass is 251 g/mol. The largest absolute Gasteiger partial charge is 0.490 e. The molecule has 7 nitrogen and oxygen atoms in total. The van der Waals surface area contributed by atoms with Crippen molar-refractivity contribution in [1.82, 2.24) is 15.3 Å². The Morgan fingerprint density at radius 3 is 3.06 bits per heavy atom. The summed E-state index contributed by atoms with van der Waals surface area (Å²) >= 11 is 0. The second kappa shape index (κ2) is 5.52. The van der Waals surface area contributed by atoms with Crippen LogP contribution in [0, 0.1) is 0 Å². The van der Waals surface area contributed by atoms with Gasteiger partial charge in [-0.05, 0) is 6.92 Å². The standard InChI is InChI=1S/C11H17N5O2/c1-3-12-10-9(18-2)11(15-7-14-10)16-5-4-13-8(17)6-16/h7H,3-6H2,1-2H3,(H,13,17)(H,12,14,15). The Morgan fingerprint density at radius 1 is 1.56 bits per heavy atom. The molecule has 98 valence electrons. The molecule has 0 radical (unpaired) electrons. The fraction of sp³-hybridized carbons (Fsp3) is 0.545. The molecule has 0 aromatic carbocycles. The number of aromatic nitrogens is 2. The Morgan fingerprint density at radius 2 is 2.39 bits per heavy atom. The Balaban J connectivity index is 2.31. The van der Waals surface area contributed by atoms with E-state index in [4.69, 9.17) is 4.74 Å². The van der Waals surface area contributed by atoms with Crippen LogP contribution in [0.25, 0.3) is 0 Å². The number of hydrogen-bond donors (Lipinski definition) is 2. The van der Waals surface area contributed by atoms with Crippen LogP contribution in [0.15, 0.2) is 6.33 Å². The van der Waals surface area contributed by atoms with E-state index in [9.17, 15) is 4.79 Å². The van der Waals surface area contributed by atoms with Crippen LogP contribution < -0.4 is 20.3 Å². The van der Waals surface area contributed by atoms with Crippen molar-refractivity contribution in [3.05, 3.63) is 6.33 Å². The van der Waals surface area contributed by atoms with E-state index in [0.29, 0.717) is 37.0 Å². The molecule has 7 heteroatoms. The first kappa shape index (κ1) is 12.4. The first-order chi connectivity index (χ1) is 8.76. The van der Waals surface area contributed by atoms with E-state index in [1.807, 2.05) is 11.8 Å². The third-order valence-corrected chi connectivity index (χ3v) is 2.67. The van der Waals surface area contributed by atoms with Crippen LogP contribution in [0.1, 0.15) is 6.92 Å². The Bertz CT molecular complexity index is 437. The van der Waals surface area contributed by atoms with Gasteiger partial charge in [-0.3, -0.25) is 4.79 Å². The number of methoxy groups -OCH3 is 1. The average molecular weight is 251 g/mol. The predicted octanol–water partition coefficient (Wildman–Crippen LogP) is -0.147. The first-order valence-electron chi connectivity index (χ1n) is 5.90. The van der Waals surface area contributed by atoms with Gasteiger partial charge < -0.3 is 20.3 Å². The molecule has 1 aromatic heterocycles. The summed E-state index contributed by atoms with van der Waals surface area (Å²) in [6.07, 6.45) is 1.47. The average Bonchev–Trinajstić information content (AvgIpc) is 2.39. The van der Waals surface area contributed by atoms with Crippen molar-refractivity contribution in [2.45, 2.75) is 6.92 Å². The molecule has 0 spiro atoms. The molecule has 1 aromatic rings. The quantitative estimate of drug-likeness (QED) is 0.775. The number of piperazine rings is 1. The van der Waals surface area contributed by atoms with Gasteiger partial charge in [-0.2, -0.15) is 0 Å². The molecule has 1 aliphatic rings. The highest BCUT2D eigenvalue weighted by Crippen LogP contribution is 2.31. The van der Waals surface area contributed by atoms with Gasteiger partial charge in [0.2, 0.25) is 11.7 Å². The van der Waals surface area contributed by atoms with Gasteiger partial charge in [0, 0.05) is 19.6 Å². The number of ether oxygens (including phenoxy) is 1. The molecule has 0 unspecified atom stereocenters. The SMILES string of the molecule is CCNc1ncnc(N2CCNC(=O)C2)c1OC. The van der Waals surface area contributed by atoms with Crippen molar-refractivity contribution in [3.8, 4) is 5.75 Å². The van der Waals surface area contributed by atoms with Crippen LogP contribution in [-0.2, 0) is 4.79 Å². The van der Waals surface area contributed by atoms with Crippen molar-refractivity contribution in [2.75, 3.05) is 43.5 Å². The molecule has 2 N–H and O–H groups in total. The van der Waals surface area contributed by atoms with Gasteiger partial charge in [-0.1, -0.05) is 0 Å². The van der Waals surface area contributed by atoms with Crippen LogP contribution >= 0.6 is 0 Å². The van der Waals surface area contributed by atoms with E-state index >= 15 is 0 Å². The van der Waals surface area contributed by atoms with Gasteiger partial charge >= 0.3 is 0 Å². The minimum Gasteiger partial charge on any atom is -0.490 e. The van der Waals surface area contributed by atoms with E-state index < -0.39 is 0 Å². The molecule has 1 fully saturated rings. The summed E-state index contributed by atoms with van der Waals surface area (Å²) in [5.74, 6) is 1.87. The minimum absolute atomic E-state index is 0.00749. The smallest absolute Gasteiger partial charge is 0.239 e. The second-order valence-electron chi connectivity index (χ2n) is 3.88. The highest BCUT2D eigenvalue weighted by molar-refractivity contribution is 5.83. The summed E-state index contributed by atoms with van der Waals surface area (Å²) in [5, 5.41) is 5.89. The molecule has 0 saturated carbocycles. The zero-order chi connectivity index (χ0) is 13.0. The van der Waals surface area contributed by atoms with E-state index in [-0.39, 0.29) is 5.91 Å². The van der Waals surface area contributed by atoms with Crippen LogP contribution in [0.4, 0.5) is 11.6 Å². The molecule has 0 bridgehead atoms. The molecule has 18 heavy (non-hydrogen) atoms. The molecule has 2 heterocycles. The lowest BCUT2D eigenvalue weighted by Gasteiger charge is -2.28. The number of anilines is 2. The first-order valence-corrected chi connectivity index (χ1v) is 5.90. The van der Waals surface area contributed by atoms with Crippen molar-refractivity contribution in [3.63, 3.8) is 0 Å². The molecule has 0 atom stereocenters. The fourth-order valence-corrected chi connectivity index (χ4v) is 1.89. The molecular formula is C11H17N5O2. The lowest BCUT2D eigenvalue weighted by molar-refractivity contribution is -0.120. The number of nitrogens with one attached hydrogen (secondary N) is 2. The number of nitrogens with zero attached hydrogens (tertiary/aromatic N) is 3. The van der Waals surface area contributed by atoms with E-state index in [0.717, 1.165) is 6.54 Å². The van der Waals surface area contributed by atoms with Crippen molar-refractivity contribution in [2.24, 2.45) is 0 Å². The number of rotatable bonds is 4. The Hall–Kier alpha value is -2.05. The maximum atomic E-state index is 11.4. The van der Waals surface area contributed by atoms with E-state index in [1.165, 1.54) is 6.33 Å². The number of hydrogen-bond acceptors (Lipinski definition) is 6. The highest BCUT2D eigenvalue weighted by atomic mass is 16.5. The maximum absolute atomic E-state index is 11.4. The second-order valence-corrected chi connectivity index (χ2v) is 3.88. The minimum atomic E-state index is -0.00749. The Labute approximate surface area is 106 Å². The number of carbonyl (C=O) groups excluding carboxylic acids is 1. The summed E-state index contributed by atoms with van der Waals surface area (Å²) in [5.41, 5.74) is 0.